The Morgan fingerprint density at radius 3 is 2.75 bits per heavy atom. The van der Waals surface area contributed by atoms with Gasteiger partial charge in [-0.2, -0.15) is 0 Å². The van der Waals surface area contributed by atoms with Crippen LogP contribution >= 0.6 is 0 Å². The molecule has 0 aliphatic heterocycles. The zero-order chi connectivity index (χ0) is 14.7. The predicted octanol–water partition coefficient (Wildman–Crippen LogP) is 3.29. The average Bonchev–Trinajstić information content (AvgIpc) is 2.76. The molecule has 1 aromatic carbocycles. The summed E-state index contributed by atoms with van der Waals surface area (Å²) in [5, 5.41) is 6.98. The lowest BCUT2D eigenvalue weighted by Gasteiger charge is -2.16. The lowest BCUT2D eigenvalue weighted by atomic mass is 10.1. The number of ether oxygens (including phenoxy) is 1. The number of aromatic nitrogens is 1. The second-order valence-electron chi connectivity index (χ2n) is 4.78. The molecule has 2 rings (SSSR count). The summed E-state index contributed by atoms with van der Waals surface area (Å²) in [5.74, 6) is 1.13. The Kier molecular flexibility index (Phi) is 4.39. The summed E-state index contributed by atoms with van der Waals surface area (Å²) < 4.78 is 24.3. The van der Waals surface area contributed by atoms with E-state index in [0.717, 1.165) is 22.6 Å². The van der Waals surface area contributed by atoms with Gasteiger partial charge in [0.05, 0.1) is 11.3 Å². The van der Waals surface area contributed by atoms with Gasteiger partial charge in [0.25, 0.3) is 0 Å². The molecular formula is C15H19FN2O2. The maximum Gasteiger partial charge on any atom is 0.140 e. The minimum atomic E-state index is -0.271. The van der Waals surface area contributed by atoms with E-state index in [1.54, 1.807) is 6.07 Å². The van der Waals surface area contributed by atoms with Gasteiger partial charge in [-0.05, 0) is 46.0 Å². The number of hydrogen-bond acceptors (Lipinski definition) is 4. The first-order valence-corrected chi connectivity index (χ1v) is 6.54. The number of benzene rings is 1. The molecule has 0 aliphatic carbocycles. The summed E-state index contributed by atoms with van der Waals surface area (Å²) in [7, 11) is 1.83. The van der Waals surface area contributed by atoms with Gasteiger partial charge in [-0.25, -0.2) is 4.39 Å². The van der Waals surface area contributed by atoms with E-state index in [0.29, 0.717) is 12.4 Å². The molecule has 0 bridgehead atoms. The molecule has 0 amide bonds. The molecule has 1 unspecified atom stereocenters. The van der Waals surface area contributed by atoms with Gasteiger partial charge < -0.3 is 14.6 Å². The average molecular weight is 278 g/mol. The lowest BCUT2D eigenvalue weighted by molar-refractivity contribution is 0.295. The highest BCUT2D eigenvalue weighted by molar-refractivity contribution is 5.36. The fraction of sp³-hybridized carbons (Fsp3) is 0.400. The van der Waals surface area contributed by atoms with Crippen molar-refractivity contribution in [1.29, 1.82) is 0 Å². The van der Waals surface area contributed by atoms with E-state index < -0.39 is 0 Å². The highest BCUT2D eigenvalue weighted by atomic mass is 19.1. The monoisotopic (exact) mass is 278 g/mol. The lowest BCUT2D eigenvalue weighted by Crippen LogP contribution is -2.14. The van der Waals surface area contributed by atoms with Gasteiger partial charge in [-0.3, -0.25) is 0 Å². The standard InChI is InChI=1S/C15H19FN2O2/c1-9(17-4)13-7-12(16)5-6-15(13)19-8-14-10(2)18-20-11(14)3/h5-7,9,17H,8H2,1-4H3. The van der Waals surface area contributed by atoms with Gasteiger partial charge in [0.15, 0.2) is 0 Å². The van der Waals surface area contributed by atoms with E-state index in [1.807, 2.05) is 27.8 Å². The molecule has 0 fully saturated rings. The van der Waals surface area contributed by atoms with Gasteiger partial charge >= 0.3 is 0 Å². The zero-order valence-corrected chi connectivity index (χ0v) is 12.2. The first-order valence-electron chi connectivity index (χ1n) is 6.54. The van der Waals surface area contributed by atoms with E-state index in [-0.39, 0.29) is 11.9 Å². The van der Waals surface area contributed by atoms with Gasteiger partial charge in [-0.15, -0.1) is 0 Å². The molecule has 0 saturated heterocycles. The molecule has 2 aromatic rings. The Balaban J connectivity index is 2.21. The SMILES string of the molecule is CNC(C)c1cc(F)ccc1OCc1c(C)noc1C. The third-order valence-electron chi connectivity index (χ3n) is 3.42. The second-order valence-corrected chi connectivity index (χ2v) is 4.78. The summed E-state index contributed by atoms with van der Waals surface area (Å²) in [6.07, 6.45) is 0. The molecule has 108 valence electrons. The highest BCUT2D eigenvalue weighted by Gasteiger charge is 2.14. The summed E-state index contributed by atoms with van der Waals surface area (Å²) >= 11 is 0. The van der Waals surface area contributed by atoms with Crippen molar-refractivity contribution in [2.45, 2.75) is 33.4 Å². The maximum absolute atomic E-state index is 13.4. The molecule has 0 radical (unpaired) electrons. The quantitative estimate of drug-likeness (QED) is 0.911. The maximum atomic E-state index is 13.4. The minimum Gasteiger partial charge on any atom is -0.488 e. The Bertz CT molecular complexity index is 576. The van der Waals surface area contributed by atoms with Crippen LogP contribution in [0.15, 0.2) is 22.7 Å². The van der Waals surface area contributed by atoms with Crippen molar-refractivity contribution in [3.05, 3.63) is 46.6 Å². The minimum absolute atomic E-state index is 0.00497. The predicted molar refractivity (Wildman–Crippen MR) is 74.2 cm³/mol. The zero-order valence-electron chi connectivity index (χ0n) is 12.2. The number of halogens is 1. The van der Waals surface area contributed by atoms with E-state index in [9.17, 15) is 4.39 Å². The summed E-state index contributed by atoms with van der Waals surface area (Å²) in [4.78, 5) is 0. The Hall–Kier alpha value is -1.88. The van der Waals surface area contributed by atoms with Crippen LogP contribution in [-0.2, 0) is 6.61 Å². The van der Waals surface area contributed by atoms with Crippen LogP contribution in [0.2, 0.25) is 0 Å². The number of rotatable bonds is 5. The van der Waals surface area contributed by atoms with E-state index >= 15 is 0 Å². The highest BCUT2D eigenvalue weighted by Crippen LogP contribution is 2.27. The molecule has 1 heterocycles. The molecule has 4 nitrogen and oxygen atoms in total. The molecule has 1 N–H and O–H groups in total. The summed E-state index contributed by atoms with van der Waals surface area (Å²) in [6.45, 7) is 6.03. The smallest absolute Gasteiger partial charge is 0.140 e. The summed E-state index contributed by atoms with van der Waals surface area (Å²) in [6, 6.07) is 4.54. The first kappa shape index (κ1) is 14.5. The normalized spacial score (nSPS) is 12.4. The van der Waals surface area contributed by atoms with Crippen LogP contribution in [-0.4, -0.2) is 12.2 Å². The van der Waals surface area contributed by atoms with Crippen LogP contribution < -0.4 is 10.1 Å². The Morgan fingerprint density at radius 1 is 1.40 bits per heavy atom. The Morgan fingerprint density at radius 2 is 2.15 bits per heavy atom. The van der Waals surface area contributed by atoms with Crippen molar-refractivity contribution < 1.29 is 13.7 Å². The van der Waals surface area contributed by atoms with Gasteiger partial charge in [-0.1, -0.05) is 5.16 Å². The van der Waals surface area contributed by atoms with E-state index in [4.69, 9.17) is 9.26 Å². The van der Waals surface area contributed by atoms with Crippen molar-refractivity contribution in [1.82, 2.24) is 10.5 Å². The number of aryl methyl sites for hydroxylation is 2. The summed E-state index contributed by atoms with van der Waals surface area (Å²) in [5.41, 5.74) is 2.53. The van der Waals surface area contributed by atoms with Crippen LogP contribution in [0.25, 0.3) is 0 Å². The van der Waals surface area contributed by atoms with E-state index in [2.05, 4.69) is 10.5 Å². The largest absolute Gasteiger partial charge is 0.488 e. The third-order valence-corrected chi connectivity index (χ3v) is 3.42. The van der Waals surface area contributed by atoms with Crippen molar-refractivity contribution in [2.75, 3.05) is 7.05 Å². The van der Waals surface area contributed by atoms with Crippen molar-refractivity contribution in [3.63, 3.8) is 0 Å². The van der Waals surface area contributed by atoms with Crippen LogP contribution in [0, 0.1) is 19.7 Å². The topological polar surface area (TPSA) is 47.3 Å². The van der Waals surface area contributed by atoms with Crippen molar-refractivity contribution in [2.24, 2.45) is 0 Å². The van der Waals surface area contributed by atoms with Gasteiger partial charge in [0.2, 0.25) is 0 Å². The van der Waals surface area contributed by atoms with Crippen molar-refractivity contribution >= 4 is 0 Å². The van der Waals surface area contributed by atoms with Gasteiger partial charge in [0.1, 0.15) is 23.9 Å². The number of nitrogens with one attached hydrogen (secondary N) is 1. The molecular weight excluding hydrogens is 259 g/mol. The fourth-order valence-corrected chi connectivity index (χ4v) is 2.00. The number of nitrogens with zero attached hydrogens (tertiary/aromatic N) is 1. The molecule has 5 heteroatoms. The van der Waals surface area contributed by atoms with E-state index in [1.165, 1.54) is 12.1 Å². The molecule has 0 spiro atoms. The molecule has 1 aromatic heterocycles. The van der Waals surface area contributed by atoms with Gasteiger partial charge in [0, 0.05) is 11.6 Å². The molecule has 1 atom stereocenters. The molecule has 0 saturated carbocycles. The molecule has 0 aliphatic rings. The number of hydrogen-bond donors (Lipinski definition) is 1. The first-order chi connectivity index (χ1) is 9.52. The fourth-order valence-electron chi connectivity index (χ4n) is 2.00. The van der Waals surface area contributed by atoms with Crippen LogP contribution in [0.1, 0.15) is 35.5 Å². The van der Waals surface area contributed by atoms with Crippen molar-refractivity contribution in [3.8, 4) is 5.75 Å². The third kappa shape index (κ3) is 2.99. The van der Waals surface area contributed by atoms with Crippen LogP contribution in [0.5, 0.6) is 5.75 Å². The molecule has 20 heavy (non-hydrogen) atoms. The van der Waals surface area contributed by atoms with Crippen LogP contribution in [0.3, 0.4) is 0 Å². The Labute approximate surface area is 117 Å². The van der Waals surface area contributed by atoms with Crippen LogP contribution in [0.4, 0.5) is 4.39 Å². The second kappa shape index (κ2) is 6.05.